The van der Waals surface area contributed by atoms with Gasteiger partial charge < -0.3 is 10.6 Å². The number of nitriles is 1. The minimum atomic E-state index is -0.277. The van der Waals surface area contributed by atoms with E-state index >= 15 is 0 Å². The molecule has 0 heterocycles. The molecule has 2 N–H and O–H groups in total. The first-order valence-corrected chi connectivity index (χ1v) is 4.55. The standard InChI is InChI=1S/C10H17N3O/c1-10(2,3)5-8-13-9(14)12-7-4-6-11/h5,8H,4,7H2,1-3H3,(H2,12,13,14)/b8-5+. The number of nitrogens with zero attached hydrogens (tertiary/aromatic N) is 1. The Labute approximate surface area is 85.0 Å². The summed E-state index contributed by atoms with van der Waals surface area (Å²) in [4.78, 5) is 11.0. The van der Waals surface area contributed by atoms with Crippen LogP contribution in [0.15, 0.2) is 12.3 Å². The first-order chi connectivity index (χ1) is 6.45. The lowest BCUT2D eigenvalue weighted by Gasteiger charge is -2.11. The van der Waals surface area contributed by atoms with Crippen LogP contribution < -0.4 is 10.6 Å². The molecular weight excluding hydrogens is 178 g/mol. The highest BCUT2D eigenvalue weighted by molar-refractivity contribution is 5.74. The lowest BCUT2D eigenvalue weighted by Crippen LogP contribution is -2.32. The van der Waals surface area contributed by atoms with Gasteiger partial charge in [-0.05, 0) is 5.41 Å². The fourth-order valence-corrected chi connectivity index (χ4v) is 0.650. The molecule has 0 aromatic rings. The van der Waals surface area contributed by atoms with Gasteiger partial charge in [-0.15, -0.1) is 0 Å². The summed E-state index contributed by atoms with van der Waals surface area (Å²) in [6.07, 6.45) is 3.84. The normalized spacial score (nSPS) is 11.0. The fraction of sp³-hybridized carbons (Fsp3) is 0.600. The molecule has 0 rings (SSSR count). The predicted molar refractivity (Wildman–Crippen MR) is 55.4 cm³/mol. The molecule has 0 atom stereocenters. The number of carbonyl (C=O) groups excluding carboxylic acids is 1. The van der Waals surface area contributed by atoms with Gasteiger partial charge in [0.25, 0.3) is 0 Å². The van der Waals surface area contributed by atoms with E-state index in [0.717, 1.165) is 0 Å². The van der Waals surface area contributed by atoms with Gasteiger partial charge >= 0.3 is 6.03 Å². The molecular formula is C10H17N3O. The van der Waals surface area contributed by atoms with E-state index in [-0.39, 0.29) is 11.4 Å². The summed E-state index contributed by atoms with van der Waals surface area (Å²) in [5.41, 5.74) is 0.0555. The number of nitrogens with one attached hydrogen (secondary N) is 2. The van der Waals surface area contributed by atoms with E-state index in [2.05, 4.69) is 10.6 Å². The second-order valence-corrected chi connectivity index (χ2v) is 4.01. The van der Waals surface area contributed by atoms with Crippen molar-refractivity contribution in [1.29, 1.82) is 5.26 Å². The van der Waals surface area contributed by atoms with E-state index < -0.39 is 0 Å². The molecule has 0 radical (unpaired) electrons. The maximum Gasteiger partial charge on any atom is 0.318 e. The molecule has 0 bridgehead atoms. The summed E-state index contributed by atoms with van der Waals surface area (Å²) >= 11 is 0. The number of amides is 2. The topological polar surface area (TPSA) is 64.9 Å². The Morgan fingerprint density at radius 1 is 1.50 bits per heavy atom. The van der Waals surface area contributed by atoms with Crippen LogP contribution in [-0.4, -0.2) is 12.6 Å². The van der Waals surface area contributed by atoms with E-state index in [0.29, 0.717) is 13.0 Å². The molecule has 0 aromatic heterocycles. The van der Waals surface area contributed by atoms with Crippen LogP contribution in [0.25, 0.3) is 0 Å². The molecule has 0 saturated heterocycles. The average Bonchev–Trinajstić information content (AvgIpc) is 2.02. The third-order valence-electron chi connectivity index (χ3n) is 1.32. The first kappa shape index (κ1) is 12.5. The molecule has 4 nitrogen and oxygen atoms in total. The van der Waals surface area contributed by atoms with E-state index in [1.165, 1.54) is 0 Å². The van der Waals surface area contributed by atoms with Crippen molar-refractivity contribution in [2.45, 2.75) is 27.2 Å². The van der Waals surface area contributed by atoms with Crippen LogP contribution in [-0.2, 0) is 0 Å². The van der Waals surface area contributed by atoms with Gasteiger partial charge in [0.15, 0.2) is 0 Å². The second-order valence-electron chi connectivity index (χ2n) is 4.01. The van der Waals surface area contributed by atoms with E-state index in [4.69, 9.17) is 5.26 Å². The van der Waals surface area contributed by atoms with Crippen LogP contribution in [0.4, 0.5) is 4.79 Å². The molecule has 0 spiro atoms. The zero-order valence-electron chi connectivity index (χ0n) is 8.92. The fourth-order valence-electron chi connectivity index (χ4n) is 0.650. The molecule has 14 heavy (non-hydrogen) atoms. The number of rotatable bonds is 3. The van der Waals surface area contributed by atoms with Crippen molar-refractivity contribution in [3.05, 3.63) is 12.3 Å². The van der Waals surface area contributed by atoms with Crippen molar-refractivity contribution >= 4 is 6.03 Å². The van der Waals surface area contributed by atoms with Crippen molar-refractivity contribution in [3.63, 3.8) is 0 Å². The molecule has 78 valence electrons. The van der Waals surface area contributed by atoms with Gasteiger partial charge in [0.2, 0.25) is 0 Å². The van der Waals surface area contributed by atoms with Crippen molar-refractivity contribution in [3.8, 4) is 6.07 Å². The minimum Gasteiger partial charge on any atom is -0.337 e. The highest BCUT2D eigenvalue weighted by Crippen LogP contribution is 2.13. The summed E-state index contributed by atoms with van der Waals surface area (Å²) in [5, 5.41) is 13.3. The smallest absolute Gasteiger partial charge is 0.318 e. The molecule has 0 aliphatic carbocycles. The quantitative estimate of drug-likeness (QED) is 0.674. The highest BCUT2D eigenvalue weighted by Gasteiger charge is 2.03. The van der Waals surface area contributed by atoms with Crippen molar-refractivity contribution < 1.29 is 4.79 Å². The highest BCUT2D eigenvalue weighted by atomic mass is 16.2. The molecule has 0 aromatic carbocycles. The maximum atomic E-state index is 11.0. The van der Waals surface area contributed by atoms with Gasteiger partial charge in [-0.2, -0.15) is 5.26 Å². The number of hydrogen-bond acceptors (Lipinski definition) is 2. The Bertz CT molecular complexity index is 245. The van der Waals surface area contributed by atoms with Gasteiger partial charge in [-0.3, -0.25) is 0 Å². The molecule has 2 amide bonds. The van der Waals surface area contributed by atoms with Gasteiger partial charge in [-0.1, -0.05) is 26.8 Å². The van der Waals surface area contributed by atoms with Crippen molar-refractivity contribution in [1.82, 2.24) is 10.6 Å². The lowest BCUT2D eigenvalue weighted by atomic mass is 9.97. The molecule has 0 fully saturated rings. The predicted octanol–water partition coefficient (Wildman–Crippen LogP) is 1.76. The molecule has 0 unspecified atom stereocenters. The number of urea groups is 1. The maximum absolute atomic E-state index is 11.0. The molecule has 0 aliphatic heterocycles. The van der Waals surface area contributed by atoms with Crippen LogP contribution in [0.5, 0.6) is 0 Å². The van der Waals surface area contributed by atoms with E-state index in [1.807, 2.05) is 32.9 Å². The number of carbonyl (C=O) groups is 1. The monoisotopic (exact) mass is 195 g/mol. The SMILES string of the molecule is CC(C)(C)/C=C/NC(=O)NCCC#N. The Morgan fingerprint density at radius 3 is 2.64 bits per heavy atom. The number of allylic oxidation sites excluding steroid dienone is 1. The molecule has 0 aliphatic rings. The second kappa shape index (κ2) is 6.03. The Morgan fingerprint density at radius 2 is 2.14 bits per heavy atom. The van der Waals surface area contributed by atoms with Crippen LogP contribution in [0, 0.1) is 16.7 Å². The average molecular weight is 195 g/mol. The summed E-state index contributed by atoms with van der Waals surface area (Å²) in [6.45, 7) is 6.50. The zero-order valence-corrected chi connectivity index (χ0v) is 8.92. The Hall–Kier alpha value is -1.50. The van der Waals surface area contributed by atoms with Gasteiger partial charge in [0.1, 0.15) is 0 Å². The Kier molecular flexibility index (Phi) is 5.38. The zero-order chi connectivity index (χ0) is 11.0. The van der Waals surface area contributed by atoms with Crippen molar-refractivity contribution in [2.24, 2.45) is 5.41 Å². The third kappa shape index (κ3) is 8.60. The third-order valence-corrected chi connectivity index (χ3v) is 1.32. The Balaban J connectivity index is 3.65. The van der Waals surface area contributed by atoms with Crippen LogP contribution in [0.3, 0.4) is 0 Å². The van der Waals surface area contributed by atoms with Crippen molar-refractivity contribution in [2.75, 3.05) is 6.54 Å². The van der Waals surface area contributed by atoms with Crippen LogP contribution >= 0.6 is 0 Å². The summed E-state index contributed by atoms with van der Waals surface area (Å²) < 4.78 is 0. The summed E-state index contributed by atoms with van der Waals surface area (Å²) in [5.74, 6) is 0. The van der Waals surface area contributed by atoms with Gasteiger partial charge in [-0.25, -0.2) is 4.79 Å². The van der Waals surface area contributed by atoms with Gasteiger partial charge in [0.05, 0.1) is 12.5 Å². The van der Waals surface area contributed by atoms with E-state index in [9.17, 15) is 4.79 Å². The minimum absolute atomic E-state index is 0.0555. The lowest BCUT2D eigenvalue weighted by molar-refractivity contribution is 0.244. The van der Waals surface area contributed by atoms with Crippen LogP contribution in [0.1, 0.15) is 27.2 Å². The first-order valence-electron chi connectivity index (χ1n) is 4.55. The summed E-state index contributed by atoms with van der Waals surface area (Å²) in [7, 11) is 0. The molecule has 4 heteroatoms. The largest absolute Gasteiger partial charge is 0.337 e. The summed E-state index contributed by atoms with van der Waals surface area (Å²) in [6, 6.07) is 1.67. The van der Waals surface area contributed by atoms with E-state index in [1.54, 1.807) is 6.20 Å². The van der Waals surface area contributed by atoms with Gasteiger partial charge in [0, 0.05) is 12.7 Å². The van der Waals surface area contributed by atoms with Crippen LogP contribution in [0.2, 0.25) is 0 Å². The number of hydrogen-bond donors (Lipinski definition) is 2. The molecule has 0 saturated carbocycles.